The summed E-state index contributed by atoms with van der Waals surface area (Å²) in [5.74, 6) is -0.478. The largest absolute Gasteiger partial charge is 0.350 e. The summed E-state index contributed by atoms with van der Waals surface area (Å²) in [5, 5.41) is 13.6. The fourth-order valence-corrected chi connectivity index (χ4v) is 2.97. The lowest BCUT2D eigenvalue weighted by molar-refractivity contribution is 0.0898. The van der Waals surface area contributed by atoms with E-state index in [0.29, 0.717) is 17.9 Å². The van der Waals surface area contributed by atoms with Crippen LogP contribution in [-0.2, 0) is 6.54 Å². The van der Waals surface area contributed by atoms with Crippen LogP contribution in [0.3, 0.4) is 0 Å². The Bertz CT molecular complexity index is 1040. The van der Waals surface area contributed by atoms with Gasteiger partial charge in [0.1, 0.15) is 6.54 Å². The van der Waals surface area contributed by atoms with Gasteiger partial charge in [-0.3, -0.25) is 14.3 Å². The van der Waals surface area contributed by atoms with E-state index in [0.717, 1.165) is 21.4 Å². The number of benzene rings is 1. The maximum atomic E-state index is 12.1. The molecule has 0 bridgehead atoms. The Morgan fingerprint density at radius 3 is 2.52 bits per heavy atom. The van der Waals surface area contributed by atoms with Gasteiger partial charge in [-0.25, -0.2) is 0 Å². The maximum absolute atomic E-state index is 12.1. The lowest BCUT2D eigenvalue weighted by Gasteiger charge is -2.06. The monoisotopic (exact) mass is 460 g/mol. The number of carbonyl (C=O) groups excluding carboxylic acids is 2. The standard InChI is InChI=1S/C19H21BrN6O3/c1-11-5-4-6-14(9-11)17(27)21-7-8-22-18(28)19-23-15(25-29-19)10-26-13(3)16(20)12(2)24-26/h4-6,9H,7-8,10H2,1-3H3,(H,21,27)(H,22,28). The molecule has 3 aromatic rings. The first kappa shape index (κ1) is 20.7. The minimum atomic E-state index is -0.497. The van der Waals surface area contributed by atoms with Crippen molar-refractivity contribution in [3.05, 3.63) is 63.0 Å². The van der Waals surface area contributed by atoms with Crippen molar-refractivity contribution in [3.8, 4) is 0 Å². The molecule has 9 nitrogen and oxygen atoms in total. The molecule has 2 N–H and O–H groups in total. The van der Waals surface area contributed by atoms with Crippen LogP contribution in [0, 0.1) is 20.8 Å². The molecule has 10 heteroatoms. The average Bonchev–Trinajstić information content (AvgIpc) is 3.26. The van der Waals surface area contributed by atoms with E-state index in [-0.39, 0.29) is 24.9 Å². The Balaban J connectivity index is 1.48. The summed E-state index contributed by atoms with van der Waals surface area (Å²) in [7, 11) is 0. The van der Waals surface area contributed by atoms with E-state index < -0.39 is 5.91 Å². The number of nitrogens with one attached hydrogen (secondary N) is 2. The summed E-state index contributed by atoms with van der Waals surface area (Å²) < 4.78 is 7.67. The van der Waals surface area contributed by atoms with Gasteiger partial charge in [-0.15, -0.1) is 0 Å². The zero-order valence-electron chi connectivity index (χ0n) is 16.3. The third kappa shape index (κ3) is 5.08. The van der Waals surface area contributed by atoms with Gasteiger partial charge in [0.2, 0.25) is 0 Å². The number of nitrogens with zero attached hydrogens (tertiary/aromatic N) is 4. The highest BCUT2D eigenvalue weighted by Crippen LogP contribution is 2.20. The predicted octanol–water partition coefficient (Wildman–Crippen LogP) is 2.16. The molecule has 3 rings (SSSR count). The number of aryl methyl sites for hydroxylation is 2. The van der Waals surface area contributed by atoms with Crippen molar-refractivity contribution < 1.29 is 14.1 Å². The molecule has 0 saturated carbocycles. The van der Waals surface area contributed by atoms with Crippen LogP contribution in [0.5, 0.6) is 0 Å². The van der Waals surface area contributed by atoms with Crippen molar-refractivity contribution in [2.75, 3.05) is 13.1 Å². The second kappa shape index (κ2) is 8.99. The first-order valence-corrected chi connectivity index (χ1v) is 9.79. The maximum Gasteiger partial charge on any atom is 0.316 e. The molecule has 0 fully saturated rings. The van der Waals surface area contributed by atoms with Crippen LogP contribution in [-0.4, -0.2) is 44.8 Å². The van der Waals surface area contributed by atoms with Gasteiger partial charge in [-0.05, 0) is 48.8 Å². The molecule has 0 atom stereocenters. The molecule has 0 spiro atoms. The molecule has 0 radical (unpaired) electrons. The van der Waals surface area contributed by atoms with Gasteiger partial charge in [0.15, 0.2) is 5.82 Å². The SMILES string of the molecule is Cc1cccc(C(=O)NCCNC(=O)c2nc(Cn3nc(C)c(Br)c3C)no2)c1. The summed E-state index contributed by atoms with van der Waals surface area (Å²) in [6.45, 7) is 6.53. The van der Waals surface area contributed by atoms with Crippen molar-refractivity contribution in [1.29, 1.82) is 0 Å². The van der Waals surface area contributed by atoms with Gasteiger partial charge in [0, 0.05) is 18.7 Å². The zero-order chi connectivity index (χ0) is 21.0. The molecule has 2 aromatic heterocycles. The first-order valence-electron chi connectivity index (χ1n) is 9.00. The van der Waals surface area contributed by atoms with E-state index in [4.69, 9.17) is 4.52 Å². The summed E-state index contributed by atoms with van der Waals surface area (Å²) in [6, 6.07) is 7.28. The van der Waals surface area contributed by atoms with Gasteiger partial charge in [0.05, 0.1) is 15.9 Å². The van der Waals surface area contributed by atoms with Crippen molar-refractivity contribution in [1.82, 2.24) is 30.6 Å². The van der Waals surface area contributed by atoms with E-state index in [9.17, 15) is 9.59 Å². The third-order valence-corrected chi connectivity index (χ3v) is 5.37. The van der Waals surface area contributed by atoms with Crippen LogP contribution in [0.4, 0.5) is 0 Å². The van der Waals surface area contributed by atoms with Crippen molar-refractivity contribution >= 4 is 27.7 Å². The van der Waals surface area contributed by atoms with E-state index in [2.05, 4.69) is 41.8 Å². The Morgan fingerprint density at radius 1 is 1.14 bits per heavy atom. The number of amides is 2. The normalized spacial score (nSPS) is 10.8. The molecule has 2 heterocycles. The lowest BCUT2D eigenvalue weighted by Crippen LogP contribution is -2.34. The molecule has 0 aliphatic rings. The summed E-state index contributed by atoms with van der Waals surface area (Å²) in [5.41, 5.74) is 3.37. The fourth-order valence-electron chi connectivity index (χ4n) is 2.69. The highest BCUT2D eigenvalue weighted by atomic mass is 79.9. The van der Waals surface area contributed by atoms with Crippen LogP contribution >= 0.6 is 15.9 Å². The highest BCUT2D eigenvalue weighted by molar-refractivity contribution is 9.10. The van der Waals surface area contributed by atoms with Crippen molar-refractivity contribution in [2.45, 2.75) is 27.3 Å². The summed E-state index contributed by atoms with van der Waals surface area (Å²) in [6.07, 6.45) is 0. The van der Waals surface area contributed by atoms with E-state index in [1.165, 1.54) is 0 Å². The molecular weight excluding hydrogens is 440 g/mol. The topological polar surface area (TPSA) is 115 Å². The smallest absolute Gasteiger partial charge is 0.316 e. The average molecular weight is 461 g/mol. The van der Waals surface area contributed by atoms with Crippen LogP contribution in [0.25, 0.3) is 0 Å². The fraction of sp³-hybridized carbons (Fsp3) is 0.316. The minimum absolute atomic E-state index is 0.134. The van der Waals surface area contributed by atoms with E-state index >= 15 is 0 Å². The number of hydrogen-bond donors (Lipinski definition) is 2. The quantitative estimate of drug-likeness (QED) is 0.522. The van der Waals surface area contributed by atoms with Gasteiger partial charge >= 0.3 is 11.8 Å². The van der Waals surface area contributed by atoms with Crippen LogP contribution in [0.2, 0.25) is 0 Å². The van der Waals surface area contributed by atoms with E-state index in [1.807, 2.05) is 32.9 Å². The molecular formula is C19H21BrN6O3. The molecule has 152 valence electrons. The number of carbonyl (C=O) groups is 2. The molecule has 0 aliphatic heterocycles. The Labute approximate surface area is 176 Å². The van der Waals surface area contributed by atoms with E-state index in [1.54, 1.807) is 16.8 Å². The second-order valence-corrected chi connectivity index (χ2v) is 7.33. The summed E-state index contributed by atoms with van der Waals surface area (Å²) in [4.78, 5) is 28.3. The number of aromatic nitrogens is 4. The minimum Gasteiger partial charge on any atom is -0.350 e. The Kier molecular flexibility index (Phi) is 6.42. The van der Waals surface area contributed by atoms with Gasteiger partial charge in [0.25, 0.3) is 5.91 Å². The van der Waals surface area contributed by atoms with Crippen LogP contribution < -0.4 is 10.6 Å². The highest BCUT2D eigenvalue weighted by Gasteiger charge is 2.17. The number of halogens is 1. The van der Waals surface area contributed by atoms with Crippen molar-refractivity contribution in [2.24, 2.45) is 0 Å². The van der Waals surface area contributed by atoms with Gasteiger partial charge in [-0.2, -0.15) is 10.1 Å². The summed E-state index contributed by atoms with van der Waals surface area (Å²) >= 11 is 3.46. The number of rotatable bonds is 7. The van der Waals surface area contributed by atoms with Gasteiger partial charge in [-0.1, -0.05) is 22.9 Å². The Hall–Kier alpha value is -3.01. The van der Waals surface area contributed by atoms with Gasteiger partial charge < -0.3 is 15.2 Å². The Morgan fingerprint density at radius 2 is 1.86 bits per heavy atom. The molecule has 0 saturated heterocycles. The first-order chi connectivity index (χ1) is 13.8. The molecule has 0 aliphatic carbocycles. The predicted molar refractivity (Wildman–Crippen MR) is 109 cm³/mol. The second-order valence-electron chi connectivity index (χ2n) is 6.54. The molecule has 29 heavy (non-hydrogen) atoms. The molecule has 2 amide bonds. The molecule has 0 unspecified atom stereocenters. The third-order valence-electron chi connectivity index (χ3n) is 4.22. The zero-order valence-corrected chi connectivity index (χ0v) is 17.9. The number of hydrogen-bond acceptors (Lipinski definition) is 6. The lowest BCUT2D eigenvalue weighted by atomic mass is 10.1. The molecule has 1 aromatic carbocycles. The van der Waals surface area contributed by atoms with Crippen LogP contribution in [0.15, 0.2) is 33.3 Å². The van der Waals surface area contributed by atoms with Crippen molar-refractivity contribution in [3.63, 3.8) is 0 Å². The van der Waals surface area contributed by atoms with Crippen LogP contribution in [0.1, 0.15) is 43.8 Å².